The van der Waals surface area contributed by atoms with Gasteiger partial charge in [0.05, 0.1) is 17.2 Å². The number of rotatable bonds is 4. The molecule has 0 saturated heterocycles. The number of hydrogen-bond donors (Lipinski definition) is 2. The summed E-state index contributed by atoms with van der Waals surface area (Å²) in [6.07, 6.45) is 1.47. The van der Waals surface area contributed by atoms with E-state index < -0.39 is 0 Å². The van der Waals surface area contributed by atoms with Crippen molar-refractivity contribution < 1.29 is 9.90 Å². The van der Waals surface area contributed by atoms with Gasteiger partial charge in [0.25, 0.3) is 5.91 Å². The molecule has 0 unspecified atom stereocenters. The van der Waals surface area contributed by atoms with Crippen molar-refractivity contribution in [2.75, 3.05) is 0 Å². The first-order chi connectivity index (χ1) is 13.1. The molecule has 0 saturated carbocycles. The summed E-state index contributed by atoms with van der Waals surface area (Å²) in [5, 5.41) is 16.0. The lowest BCUT2D eigenvalue weighted by molar-refractivity contribution is -0.121. The Labute approximate surface area is 155 Å². The normalized spacial score (nSPS) is 11.4. The molecule has 4 aromatic rings. The third kappa shape index (κ3) is 3.25. The number of nitrogens with one attached hydrogen (secondary N) is 1. The van der Waals surface area contributed by atoms with E-state index >= 15 is 0 Å². The first kappa shape index (κ1) is 16.8. The SMILES string of the molecule is Cc1nc2ccccc2n1CC(=O)N/N=C\c1c(O)ccc2ccccc12. The van der Waals surface area contributed by atoms with E-state index in [1.54, 1.807) is 6.07 Å². The van der Waals surface area contributed by atoms with Crippen molar-refractivity contribution >= 4 is 33.9 Å². The highest BCUT2D eigenvalue weighted by atomic mass is 16.3. The predicted molar refractivity (Wildman–Crippen MR) is 106 cm³/mol. The van der Waals surface area contributed by atoms with Gasteiger partial charge in [-0.05, 0) is 35.9 Å². The number of hydrazone groups is 1. The summed E-state index contributed by atoms with van der Waals surface area (Å²) in [5.41, 5.74) is 4.85. The minimum atomic E-state index is -0.266. The molecule has 1 aromatic heterocycles. The fourth-order valence-corrected chi connectivity index (χ4v) is 3.16. The Morgan fingerprint density at radius 2 is 1.93 bits per heavy atom. The number of imidazole rings is 1. The quantitative estimate of drug-likeness (QED) is 0.434. The van der Waals surface area contributed by atoms with Gasteiger partial charge in [0, 0.05) is 5.56 Å². The molecule has 0 radical (unpaired) electrons. The van der Waals surface area contributed by atoms with Crippen LogP contribution in [0.5, 0.6) is 5.75 Å². The van der Waals surface area contributed by atoms with Crippen LogP contribution in [-0.4, -0.2) is 26.8 Å². The highest BCUT2D eigenvalue weighted by Crippen LogP contribution is 2.25. The fourth-order valence-electron chi connectivity index (χ4n) is 3.16. The Hall–Kier alpha value is -3.67. The fraction of sp³-hybridized carbons (Fsp3) is 0.0952. The standard InChI is InChI=1S/C21H18N4O2/c1-14-23-18-8-4-5-9-19(18)25(14)13-21(27)24-22-12-17-16-7-3-2-6-15(16)10-11-20(17)26/h2-12,26H,13H2,1H3,(H,24,27)/b22-12-. The zero-order valence-corrected chi connectivity index (χ0v) is 14.8. The summed E-state index contributed by atoms with van der Waals surface area (Å²) < 4.78 is 1.84. The van der Waals surface area contributed by atoms with Crippen molar-refractivity contribution in [1.82, 2.24) is 15.0 Å². The van der Waals surface area contributed by atoms with Gasteiger partial charge in [-0.25, -0.2) is 10.4 Å². The van der Waals surface area contributed by atoms with Gasteiger partial charge in [-0.15, -0.1) is 0 Å². The molecule has 0 spiro atoms. The molecule has 134 valence electrons. The Morgan fingerprint density at radius 1 is 1.15 bits per heavy atom. The summed E-state index contributed by atoms with van der Waals surface area (Å²) in [5.74, 6) is 0.613. The van der Waals surface area contributed by atoms with Crippen LogP contribution in [0.1, 0.15) is 11.4 Å². The number of nitrogens with zero attached hydrogens (tertiary/aromatic N) is 3. The van der Waals surface area contributed by atoms with E-state index in [9.17, 15) is 9.90 Å². The number of benzene rings is 3. The van der Waals surface area contributed by atoms with Crippen LogP contribution in [0.2, 0.25) is 0 Å². The van der Waals surface area contributed by atoms with Crippen LogP contribution in [0.25, 0.3) is 21.8 Å². The van der Waals surface area contributed by atoms with Gasteiger partial charge in [-0.3, -0.25) is 4.79 Å². The van der Waals surface area contributed by atoms with Gasteiger partial charge in [-0.1, -0.05) is 42.5 Å². The third-order valence-corrected chi connectivity index (χ3v) is 4.48. The van der Waals surface area contributed by atoms with Crippen LogP contribution in [0, 0.1) is 6.92 Å². The number of phenols is 1. The molecule has 0 aliphatic heterocycles. The van der Waals surface area contributed by atoms with Crippen LogP contribution in [0.15, 0.2) is 65.8 Å². The predicted octanol–water partition coefficient (Wildman–Crippen LogP) is 3.35. The Bertz CT molecular complexity index is 1180. The molecular weight excluding hydrogens is 340 g/mol. The molecule has 1 heterocycles. The lowest BCUT2D eigenvalue weighted by Crippen LogP contribution is -2.23. The van der Waals surface area contributed by atoms with Crippen LogP contribution in [0.4, 0.5) is 0 Å². The van der Waals surface area contributed by atoms with Crippen molar-refractivity contribution in [3.63, 3.8) is 0 Å². The maximum Gasteiger partial charge on any atom is 0.260 e. The van der Waals surface area contributed by atoms with Gasteiger partial charge in [0.2, 0.25) is 0 Å². The van der Waals surface area contributed by atoms with Crippen LogP contribution in [-0.2, 0) is 11.3 Å². The maximum atomic E-state index is 12.3. The molecule has 0 aliphatic carbocycles. The van der Waals surface area contributed by atoms with E-state index in [4.69, 9.17) is 0 Å². The monoisotopic (exact) mass is 358 g/mol. The van der Waals surface area contributed by atoms with Gasteiger partial charge >= 0.3 is 0 Å². The first-order valence-corrected chi connectivity index (χ1v) is 8.58. The zero-order valence-electron chi connectivity index (χ0n) is 14.8. The summed E-state index contributed by atoms with van der Waals surface area (Å²) in [6, 6.07) is 18.8. The van der Waals surface area contributed by atoms with E-state index in [1.807, 2.05) is 66.1 Å². The van der Waals surface area contributed by atoms with E-state index in [1.165, 1.54) is 6.21 Å². The van der Waals surface area contributed by atoms with E-state index in [-0.39, 0.29) is 18.2 Å². The molecule has 2 N–H and O–H groups in total. The number of fused-ring (bicyclic) bond motifs is 2. The zero-order chi connectivity index (χ0) is 18.8. The number of amides is 1. The summed E-state index contributed by atoms with van der Waals surface area (Å²) in [7, 11) is 0. The summed E-state index contributed by atoms with van der Waals surface area (Å²) in [4.78, 5) is 16.8. The molecule has 0 atom stereocenters. The minimum Gasteiger partial charge on any atom is -0.507 e. The second-order valence-electron chi connectivity index (χ2n) is 6.25. The molecule has 0 bridgehead atoms. The van der Waals surface area contributed by atoms with Crippen LogP contribution < -0.4 is 5.43 Å². The molecule has 27 heavy (non-hydrogen) atoms. The van der Waals surface area contributed by atoms with Crippen molar-refractivity contribution in [2.24, 2.45) is 5.10 Å². The number of phenolic OH excluding ortho intramolecular Hbond substituents is 1. The molecule has 1 amide bonds. The molecule has 0 fully saturated rings. The number of aromatic nitrogens is 2. The molecule has 6 heteroatoms. The van der Waals surface area contributed by atoms with Crippen molar-refractivity contribution in [3.8, 4) is 5.75 Å². The van der Waals surface area contributed by atoms with Crippen LogP contribution >= 0.6 is 0 Å². The average molecular weight is 358 g/mol. The lowest BCUT2D eigenvalue weighted by atomic mass is 10.0. The number of aromatic hydroxyl groups is 1. The third-order valence-electron chi connectivity index (χ3n) is 4.48. The van der Waals surface area contributed by atoms with Gasteiger partial charge < -0.3 is 9.67 Å². The first-order valence-electron chi connectivity index (χ1n) is 8.58. The number of carbonyl (C=O) groups excluding carboxylic acids is 1. The largest absolute Gasteiger partial charge is 0.507 e. The number of carbonyl (C=O) groups is 1. The second kappa shape index (κ2) is 6.92. The number of aryl methyl sites for hydroxylation is 1. The van der Waals surface area contributed by atoms with Crippen molar-refractivity contribution in [1.29, 1.82) is 0 Å². The highest BCUT2D eigenvalue weighted by molar-refractivity contribution is 6.02. The highest BCUT2D eigenvalue weighted by Gasteiger charge is 2.10. The lowest BCUT2D eigenvalue weighted by Gasteiger charge is -2.06. The molecule has 6 nitrogen and oxygen atoms in total. The van der Waals surface area contributed by atoms with E-state index in [0.717, 1.165) is 27.6 Å². The second-order valence-corrected chi connectivity index (χ2v) is 6.25. The average Bonchev–Trinajstić information content (AvgIpc) is 2.99. The van der Waals surface area contributed by atoms with E-state index in [0.29, 0.717) is 5.56 Å². The number of para-hydroxylation sites is 2. The van der Waals surface area contributed by atoms with Gasteiger partial charge in [0.1, 0.15) is 18.1 Å². The maximum absolute atomic E-state index is 12.3. The number of hydrogen-bond acceptors (Lipinski definition) is 4. The van der Waals surface area contributed by atoms with Gasteiger partial charge in [0.15, 0.2) is 0 Å². The molecule has 0 aliphatic rings. The smallest absolute Gasteiger partial charge is 0.260 e. The van der Waals surface area contributed by atoms with E-state index in [2.05, 4.69) is 15.5 Å². The topological polar surface area (TPSA) is 79.5 Å². The molecule has 4 rings (SSSR count). The Morgan fingerprint density at radius 3 is 2.81 bits per heavy atom. The van der Waals surface area contributed by atoms with Crippen molar-refractivity contribution in [2.45, 2.75) is 13.5 Å². The van der Waals surface area contributed by atoms with Gasteiger partial charge in [-0.2, -0.15) is 5.10 Å². The van der Waals surface area contributed by atoms with Crippen LogP contribution in [0.3, 0.4) is 0 Å². The summed E-state index contributed by atoms with van der Waals surface area (Å²) >= 11 is 0. The van der Waals surface area contributed by atoms with Crippen molar-refractivity contribution in [3.05, 3.63) is 72.1 Å². The summed E-state index contributed by atoms with van der Waals surface area (Å²) in [6.45, 7) is 1.98. The Kier molecular flexibility index (Phi) is 4.30. The Balaban J connectivity index is 1.53. The minimum absolute atomic E-state index is 0.114. The molecular formula is C21H18N4O2. The molecule has 3 aromatic carbocycles.